The van der Waals surface area contributed by atoms with Crippen LogP contribution in [0.2, 0.25) is 0 Å². The van der Waals surface area contributed by atoms with Crippen LogP contribution in [0.15, 0.2) is 36.5 Å². The zero-order valence-electron chi connectivity index (χ0n) is 13.3. The third-order valence-electron chi connectivity index (χ3n) is 3.34. The average Bonchev–Trinajstić information content (AvgIpc) is 2.58. The number of hydrogen-bond acceptors (Lipinski definition) is 5. The molecular weight excluding hydrogens is 298 g/mol. The van der Waals surface area contributed by atoms with Crippen LogP contribution in [0.1, 0.15) is 13.3 Å². The molecular formula is C16H19N3O4. The molecule has 1 atom stereocenters. The van der Waals surface area contributed by atoms with Crippen LogP contribution in [0.5, 0.6) is 0 Å². The van der Waals surface area contributed by atoms with Crippen LogP contribution in [0.4, 0.5) is 10.6 Å². The molecule has 2 aromatic rings. The number of hydrogen-bond donors (Lipinski definition) is 1. The van der Waals surface area contributed by atoms with Crippen LogP contribution in [-0.2, 0) is 14.4 Å². The molecule has 0 spiro atoms. The number of nitrogens with one attached hydrogen (secondary N) is 1. The predicted octanol–water partition coefficient (Wildman–Crippen LogP) is 2.58. The lowest BCUT2D eigenvalue weighted by Crippen LogP contribution is -2.39. The van der Waals surface area contributed by atoms with E-state index in [1.165, 1.54) is 14.2 Å². The summed E-state index contributed by atoms with van der Waals surface area (Å²) in [4.78, 5) is 32.8. The van der Waals surface area contributed by atoms with Crippen LogP contribution in [0.3, 0.4) is 0 Å². The van der Waals surface area contributed by atoms with Crippen LogP contribution < -0.4 is 5.32 Å². The highest BCUT2D eigenvalue weighted by molar-refractivity contribution is 5.90. The Morgan fingerprint density at radius 1 is 1.30 bits per heavy atom. The Hall–Kier alpha value is -2.67. The number of ether oxygens (including phenoxy) is 1. The summed E-state index contributed by atoms with van der Waals surface area (Å²) in [7, 11) is 2.82. The topological polar surface area (TPSA) is 80.8 Å². The van der Waals surface area contributed by atoms with E-state index < -0.39 is 18.1 Å². The van der Waals surface area contributed by atoms with E-state index in [0.29, 0.717) is 12.2 Å². The van der Waals surface area contributed by atoms with E-state index >= 15 is 0 Å². The monoisotopic (exact) mass is 317 g/mol. The number of carbonyl (C=O) groups excluding carboxylic acids is 2. The Labute approximate surface area is 134 Å². The molecule has 0 aliphatic rings. The Bertz CT molecular complexity index is 705. The van der Waals surface area contributed by atoms with Crippen molar-refractivity contribution in [2.24, 2.45) is 0 Å². The number of carbonyl (C=O) groups is 2. The number of nitrogens with zero attached hydrogens (tertiary/aromatic N) is 2. The summed E-state index contributed by atoms with van der Waals surface area (Å²) in [5.41, 5.74) is 0. The van der Waals surface area contributed by atoms with Gasteiger partial charge in [-0.1, -0.05) is 31.2 Å². The van der Waals surface area contributed by atoms with Crippen molar-refractivity contribution in [3.05, 3.63) is 36.5 Å². The molecule has 7 heteroatoms. The molecule has 1 N–H and O–H groups in total. The van der Waals surface area contributed by atoms with Gasteiger partial charge in [0.25, 0.3) is 5.91 Å². The number of rotatable bonds is 5. The summed E-state index contributed by atoms with van der Waals surface area (Å²) in [6.45, 7) is 1.74. The molecule has 0 saturated carbocycles. The second kappa shape index (κ2) is 7.55. The SMILES string of the molecule is CCC(OC(=O)Nc1cc2ccccc2cn1)C(=O)N(C)OC. The maximum absolute atomic E-state index is 11.9. The summed E-state index contributed by atoms with van der Waals surface area (Å²) in [5.74, 6) is -0.0762. The highest BCUT2D eigenvalue weighted by Gasteiger charge is 2.24. The first kappa shape index (κ1) is 16.7. The van der Waals surface area contributed by atoms with E-state index in [9.17, 15) is 9.59 Å². The summed E-state index contributed by atoms with van der Waals surface area (Å²) >= 11 is 0. The van der Waals surface area contributed by atoms with E-state index in [0.717, 1.165) is 15.8 Å². The lowest BCUT2D eigenvalue weighted by atomic mass is 10.2. The van der Waals surface area contributed by atoms with E-state index in [1.54, 1.807) is 19.2 Å². The first-order valence-corrected chi connectivity index (χ1v) is 7.19. The van der Waals surface area contributed by atoms with Crippen LogP contribution in [0, 0.1) is 0 Å². The lowest BCUT2D eigenvalue weighted by Gasteiger charge is -2.20. The molecule has 0 bridgehead atoms. The van der Waals surface area contributed by atoms with Gasteiger partial charge >= 0.3 is 6.09 Å². The van der Waals surface area contributed by atoms with Gasteiger partial charge in [0.1, 0.15) is 5.82 Å². The highest BCUT2D eigenvalue weighted by Crippen LogP contribution is 2.16. The molecule has 1 heterocycles. The molecule has 2 rings (SSSR count). The Balaban J connectivity index is 2.03. The number of fused-ring (bicyclic) bond motifs is 1. The van der Waals surface area contributed by atoms with Crippen LogP contribution >= 0.6 is 0 Å². The maximum Gasteiger partial charge on any atom is 0.413 e. The van der Waals surface area contributed by atoms with Gasteiger partial charge in [-0.15, -0.1) is 0 Å². The normalized spacial score (nSPS) is 11.8. The summed E-state index contributed by atoms with van der Waals surface area (Å²) < 4.78 is 5.14. The molecule has 122 valence electrons. The van der Waals surface area contributed by atoms with Crippen molar-refractivity contribution in [2.45, 2.75) is 19.4 Å². The Morgan fingerprint density at radius 2 is 2.00 bits per heavy atom. The fourth-order valence-electron chi connectivity index (χ4n) is 2.02. The molecule has 0 fully saturated rings. The molecule has 1 aromatic carbocycles. The minimum absolute atomic E-state index is 0.338. The van der Waals surface area contributed by atoms with Gasteiger partial charge in [-0.05, 0) is 17.9 Å². The van der Waals surface area contributed by atoms with E-state index in [2.05, 4.69) is 10.3 Å². The number of pyridine rings is 1. The first-order valence-electron chi connectivity index (χ1n) is 7.19. The largest absolute Gasteiger partial charge is 0.436 e. The number of hydroxylamine groups is 2. The van der Waals surface area contributed by atoms with Crippen molar-refractivity contribution in [3.8, 4) is 0 Å². The molecule has 1 unspecified atom stereocenters. The number of likely N-dealkylation sites (N-methyl/N-ethyl adjacent to an activating group) is 1. The van der Waals surface area contributed by atoms with Crippen molar-refractivity contribution in [2.75, 3.05) is 19.5 Å². The second-order valence-electron chi connectivity index (χ2n) is 4.86. The summed E-state index contributed by atoms with van der Waals surface area (Å²) in [6, 6.07) is 9.39. The predicted molar refractivity (Wildman–Crippen MR) is 85.7 cm³/mol. The minimum atomic E-state index is -0.916. The molecule has 0 aliphatic carbocycles. The quantitative estimate of drug-likeness (QED) is 0.857. The summed E-state index contributed by atoms with van der Waals surface area (Å²) in [6.07, 6.45) is 0.342. The molecule has 0 saturated heterocycles. The lowest BCUT2D eigenvalue weighted by molar-refractivity contribution is -0.177. The fraction of sp³-hybridized carbons (Fsp3) is 0.312. The van der Waals surface area contributed by atoms with Crippen molar-refractivity contribution >= 4 is 28.6 Å². The number of benzene rings is 1. The van der Waals surface area contributed by atoms with Gasteiger partial charge in [-0.2, -0.15) is 0 Å². The van der Waals surface area contributed by atoms with Crippen molar-refractivity contribution in [3.63, 3.8) is 0 Å². The number of amides is 2. The maximum atomic E-state index is 11.9. The van der Waals surface area contributed by atoms with Crippen LogP contribution in [-0.4, -0.2) is 42.3 Å². The first-order chi connectivity index (χ1) is 11.0. The molecule has 2 amide bonds. The number of aromatic nitrogens is 1. The zero-order valence-corrected chi connectivity index (χ0v) is 13.3. The van der Waals surface area contributed by atoms with Gasteiger partial charge in [0.2, 0.25) is 0 Å². The Kier molecular flexibility index (Phi) is 5.48. The van der Waals surface area contributed by atoms with E-state index in [-0.39, 0.29) is 0 Å². The van der Waals surface area contributed by atoms with Gasteiger partial charge in [0.05, 0.1) is 7.11 Å². The number of anilines is 1. The molecule has 23 heavy (non-hydrogen) atoms. The second-order valence-corrected chi connectivity index (χ2v) is 4.86. The summed E-state index contributed by atoms with van der Waals surface area (Å²) in [5, 5.41) is 5.46. The van der Waals surface area contributed by atoms with Gasteiger partial charge in [0, 0.05) is 18.6 Å². The molecule has 0 aliphatic heterocycles. The van der Waals surface area contributed by atoms with Gasteiger partial charge in [-0.25, -0.2) is 14.8 Å². The fourth-order valence-corrected chi connectivity index (χ4v) is 2.02. The average molecular weight is 317 g/mol. The molecule has 1 aromatic heterocycles. The van der Waals surface area contributed by atoms with Gasteiger partial charge in [0.15, 0.2) is 6.10 Å². The van der Waals surface area contributed by atoms with E-state index in [1.807, 2.05) is 24.3 Å². The third kappa shape index (κ3) is 4.17. The third-order valence-corrected chi connectivity index (χ3v) is 3.34. The van der Waals surface area contributed by atoms with E-state index in [4.69, 9.17) is 9.57 Å². The molecule has 7 nitrogen and oxygen atoms in total. The van der Waals surface area contributed by atoms with Crippen molar-refractivity contribution in [1.82, 2.24) is 10.0 Å². The minimum Gasteiger partial charge on any atom is -0.436 e. The van der Waals surface area contributed by atoms with Crippen LogP contribution in [0.25, 0.3) is 10.8 Å². The zero-order chi connectivity index (χ0) is 16.8. The standard InChI is InChI=1S/C16H19N3O4/c1-4-13(15(20)19(2)22-3)23-16(21)18-14-9-11-7-5-6-8-12(11)10-17-14/h5-10,13H,4H2,1-3H3,(H,17,18,21). The smallest absolute Gasteiger partial charge is 0.413 e. The van der Waals surface area contributed by atoms with Crippen molar-refractivity contribution < 1.29 is 19.2 Å². The highest BCUT2D eigenvalue weighted by atomic mass is 16.7. The van der Waals surface area contributed by atoms with Crippen molar-refractivity contribution in [1.29, 1.82) is 0 Å². The van der Waals surface area contributed by atoms with Gasteiger partial charge < -0.3 is 4.74 Å². The Morgan fingerprint density at radius 3 is 2.65 bits per heavy atom. The van der Waals surface area contributed by atoms with Gasteiger partial charge in [-0.3, -0.25) is 14.9 Å². The molecule has 0 radical (unpaired) electrons.